The summed E-state index contributed by atoms with van der Waals surface area (Å²) >= 11 is 0. The highest BCUT2D eigenvalue weighted by atomic mass is 14.8. The first-order chi connectivity index (χ1) is 8.43. The number of hydrogen-bond acceptors (Lipinski definition) is 1. The van der Waals surface area contributed by atoms with Gasteiger partial charge in [0, 0.05) is 18.2 Å². The molecule has 1 aliphatic rings. The Bertz CT molecular complexity index is 514. The smallest absolute Gasteiger partial charge is 0.0465 e. The molecule has 0 radical (unpaired) electrons. The molecule has 0 N–H and O–H groups in total. The van der Waals surface area contributed by atoms with Gasteiger partial charge >= 0.3 is 0 Å². The van der Waals surface area contributed by atoms with Crippen molar-refractivity contribution in [2.24, 2.45) is 4.99 Å². The SMILES string of the molecule is c1ccc(C2=NCC(c3ccccc3)C2)cc1. The van der Waals surface area contributed by atoms with Crippen LogP contribution in [0.2, 0.25) is 0 Å². The third-order valence-corrected chi connectivity index (χ3v) is 3.32. The second kappa shape index (κ2) is 4.54. The fourth-order valence-electron chi connectivity index (χ4n) is 2.37. The van der Waals surface area contributed by atoms with Crippen LogP contribution >= 0.6 is 0 Å². The summed E-state index contributed by atoms with van der Waals surface area (Å²) in [6.45, 7) is 0.925. The van der Waals surface area contributed by atoms with E-state index in [-0.39, 0.29) is 0 Å². The average molecular weight is 221 g/mol. The van der Waals surface area contributed by atoms with E-state index in [4.69, 9.17) is 0 Å². The Kier molecular flexibility index (Phi) is 2.74. The average Bonchev–Trinajstić information content (AvgIpc) is 2.90. The van der Waals surface area contributed by atoms with Crippen LogP contribution in [0.4, 0.5) is 0 Å². The van der Waals surface area contributed by atoms with Gasteiger partial charge in [-0.05, 0) is 17.5 Å². The van der Waals surface area contributed by atoms with Gasteiger partial charge in [-0.25, -0.2) is 0 Å². The normalized spacial score (nSPS) is 19.1. The van der Waals surface area contributed by atoms with Crippen LogP contribution in [0.25, 0.3) is 0 Å². The van der Waals surface area contributed by atoms with E-state index in [0.29, 0.717) is 5.92 Å². The number of nitrogens with zero attached hydrogens (tertiary/aromatic N) is 1. The minimum atomic E-state index is 0.561. The van der Waals surface area contributed by atoms with Gasteiger partial charge in [-0.15, -0.1) is 0 Å². The van der Waals surface area contributed by atoms with Crippen molar-refractivity contribution in [1.82, 2.24) is 0 Å². The van der Waals surface area contributed by atoms with Crippen LogP contribution in [-0.2, 0) is 0 Å². The Balaban J connectivity index is 1.78. The molecule has 0 aliphatic carbocycles. The first-order valence-electron chi connectivity index (χ1n) is 6.07. The van der Waals surface area contributed by atoms with E-state index in [0.717, 1.165) is 13.0 Å². The van der Waals surface area contributed by atoms with Crippen LogP contribution in [0.3, 0.4) is 0 Å². The van der Waals surface area contributed by atoms with Gasteiger partial charge in [0.1, 0.15) is 0 Å². The molecule has 0 saturated heterocycles. The van der Waals surface area contributed by atoms with Gasteiger partial charge in [-0.3, -0.25) is 4.99 Å². The molecule has 0 saturated carbocycles. The second-order valence-electron chi connectivity index (χ2n) is 4.47. The fraction of sp³-hybridized carbons (Fsp3) is 0.188. The molecule has 3 rings (SSSR count). The van der Waals surface area contributed by atoms with E-state index in [1.165, 1.54) is 16.8 Å². The molecule has 1 heterocycles. The van der Waals surface area contributed by atoms with Crippen LogP contribution in [-0.4, -0.2) is 12.3 Å². The van der Waals surface area contributed by atoms with E-state index in [1.54, 1.807) is 0 Å². The molecule has 2 aromatic carbocycles. The van der Waals surface area contributed by atoms with Gasteiger partial charge in [-0.1, -0.05) is 60.7 Å². The molecule has 0 fully saturated rings. The molecule has 1 nitrogen and oxygen atoms in total. The zero-order chi connectivity index (χ0) is 11.5. The molecule has 17 heavy (non-hydrogen) atoms. The van der Waals surface area contributed by atoms with Crippen molar-refractivity contribution in [2.75, 3.05) is 6.54 Å². The quantitative estimate of drug-likeness (QED) is 0.733. The molecule has 2 aromatic rings. The standard InChI is InChI=1S/C16H15N/c1-3-7-13(8-4-1)15-11-16(17-12-15)14-9-5-2-6-10-14/h1-10,15H,11-12H2. The first kappa shape index (κ1) is 10.3. The Morgan fingerprint density at radius 3 is 2.18 bits per heavy atom. The van der Waals surface area contributed by atoms with Crippen molar-refractivity contribution in [2.45, 2.75) is 12.3 Å². The maximum absolute atomic E-state index is 4.68. The summed E-state index contributed by atoms with van der Waals surface area (Å²) in [6.07, 6.45) is 1.06. The molecule has 1 heteroatoms. The van der Waals surface area contributed by atoms with Crippen LogP contribution in [0.5, 0.6) is 0 Å². The maximum atomic E-state index is 4.68. The van der Waals surface area contributed by atoms with Gasteiger partial charge < -0.3 is 0 Å². The molecule has 0 bridgehead atoms. The van der Waals surface area contributed by atoms with Crippen LogP contribution in [0.15, 0.2) is 65.7 Å². The van der Waals surface area contributed by atoms with E-state index < -0.39 is 0 Å². The monoisotopic (exact) mass is 221 g/mol. The lowest BCUT2D eigenvalue weighted by atomic mass is 9.94. The summed E-state index contributed by atoms with van der Waals surface area (Å²) in [7, 11) is 0. The van der Waals surface area contributed by atoms with E-state index in [1.807, 2.05) is 6.07 Å². The first-order valence-corrected chi connectivity index (χ1v) is 6.07. The third kappa shape index (κ3) is 2.14. The van der Waals surface area contributed by atoms with E-state index in [2.05, 4.69) is 59.6 Å². The Hall–Kier alpha value is -1.89. The van der Waals surface area contributed by atoms with Crippen molar-refractivity contribution in [3.05, 3.63) is 71.8 Å². The number of rotatable bonds is 2. The summed E-state index contributed by atoms with van der Waals surface area (Å²) in [5.41, 5.74) is 3.92. The lowest BCUT2D eigenvalue weighted by Gasteiger charge is -2.08. The van der Waals surface area contributed by atoms with E-state index in [9.17, 15) is 0 Å². The van der Waals surface area contributed by atoms with Crippen molar-refractivity contribution >= 4 is 5.71 Å². The predicted octanol–water partition coefficient (Wildman–Crippen LogP) is 3.66. The highest BCUT2D eigenvalue weighted by molar-refractivity contribution is 6.02. The Labute approximate surface area is 102 Å². The largest absolute Gasteiger partial charge is 0.288 e. The van der Waals surface area contributed by atoms with Gasteiger partial charge in [0.2, 0.25) is 0 Å². The molecule has 0 aromatic heterocycles. The van der Waals surface area contributed by atoms with Gasteiger partial charge in [-0.2, -0.15) is 0 Å². The van der Waals surface area contributed by atoms with Crippen molar-refractivity contribution < 1.29 is 0 Å². The number of hydrogen-bond donors (Lipinski definition) is 0. The summed E-state index contributed by atoms with van der Waals surface area (Å²) in [5.74, 6) is 0.561. The van der Waals surface area contributed by atoms with Gasteiger partial charge in [0.15, 0.2) is 0 Å². The van der Waals surface area contributed by atoms with Crippen LogP contribution in [0.1, 0.15) is 23.5 Å². The molecule has 1 unspecified atom stereocenters. The molecule has 1 atom stereocenters. The topological polar surface area (TPSA) is 12.4 Å². The summed E-state index contributed by atoms with van der Waals surface area (Å²) in [4.78, 5) is 4.68. The van der Waals surface area contributed by atoms with Crippen LogP contribution < -0.4 is 0 Å². The van der Waals surface area contributed by atoms with Crippen molar-refractivity contribution in [1.29, 1.82) is 0 Å². The fourth-order valence-corrected chi connectivity index (χ4v) is 2.37. The number of benzene rings is 2. The second-order valence-corrected chi connectivity index (χ2v) is 4.47. The third-order valence-electron chi connectivity index (χ3n) is 3.32. The van der Waals surface area contributed by atoms with Crippen LogP contribution in [0, 0.1) is 0 Å². The zero-order valence-electron chi connectivity index (χ0n) is 9.71. The zero-order valence-corrected chi connectivity index (χ0v) is 9.71. The summed E-state index contributed by atoms with van der Waals surface area (Å²) in [6, 6.07) is 21.2. The lowest BCUT2D eigenvalue weighted by Crippen LogP contribution is -2.01. The Morgan fingerprint density at radius 2 is 1.47 bits per heavy atom. The molecule has 0 spiro atoms. The minimum absolute atomic E-state index is 0.561. The molecule has 1 aliphatic heterocycles. The molecular formula is C16H15N. The predicted molar refractivity (Wildman–Crippen MR) is 71.6 cm³/mol. The molecule has 0 amide bonds. The highest BCUT2D eigenvalue weighted by Gasteiger charge is 2.20. The van der Waals surface area contributed by atoms with Crippen molar-refractivity contribution in [3.63, 3.8) is 0 Å². The summed E-state index contributed by atoms with van der Waals surface area (Å²) < 4.78 is 0. The lowest BCUT2D eigenvalue weighted by molar-refractivity contribution is 0.779. The van der Waals surface area contributed by atoms with Gasteiger partial charge in [0.25, 0.3) is 0 Å². The van der Waals surface area contributed by atoms with Gasteiger partial charge in [0.05, 0.1) is 0 Å². The number of aliphatic imine (C=N–C) groups is 1. The van der Waals surface area contributed by atoms with Crippen molar-refractivity contribution in [3.8, 4) is 0 Å². The van der Waals surface area contributed by atoms with E-state index >= 15 is 0 Å². The molecule has 84 valence electrons. The minimum Gasteiger partial charge on any atom is -0.288 e. The molecular weight excluding hydrogens is 206 g/mol. The Morgan fingerprint density at radius 1 is 0.824 bits per heavy atom. The maximum Gasteiger partial charge on any atom is 0.0465 e. The highest BCUT2D eigenvalue weighted by Crippen LogP contribution is 2.27. The summed E-state index contributed by atoms with van der Waals surface area (Å²) in [5, 5.41) is 0.